The van der Waals surface area contributed by atoms with E-state index in [4.69, 9.17) is 10.8 Å². The number of nitrogen functional groups attached to an aromatic ring is 1. The standard InChI is InChI=1S/C12H16N2O2/c1-8-2-3-9(6-10(8)13)11(16)14-12(7-15)4-5-12/h2-3,6,15H,4-5,7,13H2,1H3,(H,14,16). The number of hydrogen-bond donors (Lipinski definition) is 3. The molecule has 0 spiro atoms. The number of anilines is 1. The van der Waals surface area contributed by atoms with Crippen LogP contribution in [0.4, 0.5) is 5.69 Å². The van der Waals surface area contributed by atoms with Crippen molar-refractivity contribution in [1.29, 1.82) is 0 Å². The maximum Gasteiger partial charge on any atom is 0.251 e. The van der Waals surface area contributed by atoms with Crippen LogP contribution in [0.2, 0.25) is 0 Å². The molecule has 1 fully saturated rings. The van der Waals surface area contributed by atoms with E-state index in [2.05, 4.69) is 5.32 Å². The summed E-state index contributed by atoms with van der Waals surface area (Å²) >= 11 is 0. The summed E-state index contributed by atoms with van der Waals surface area (Å²) in [5.41, 5.74) is 7.48. The molecule has 0 atom stereocenters. The Morgan fingerprint density at radius 1 is 1.56 bits per heavy atom. The highest BCUT2D eigenvalue weighted by Crippen LogP contribution is 2.34. The van der Waals surface area contributed by atoms with Crippen LogP contribution in [0, 0.1) is 6.92 Å². The van der Waals surface area contributed by atoms with Crippen molar-refractivity contribution in [2.24, 2.45) is 0 Å². The Morgan fingerprint density at radius 3 is 2.75 bits per heavy atom. The number of aryl methyl sites for hydroxylation is 1. The van der Waals surface area contributed by atoms with E-state index in [0.717, 1.165) is 18.4 Å². The van der Waals surface area contributed by atoms with Gasteiger partial charge in [-0.3, -0.25) is 4.79 Å². The summed E-state index contributed by atoms with van der Waals surface area (Å²) in [7, 11) is 0. The molecule has 1 aliphatic rings. The lowest BCUT2D eigenvalue weighted by molar-refractivity contribution is 0.0907. The summed E-state index contributed by atoms with van der Waals surface area (Å²) in [4.78, 5) is 11.8. The van der Waals surface area contributed by atoms with Gasteiger partial charge in [0.25, 0.3) is 5.91 Å². The molecule has 4 nitrogen and oxygen atoms in total. The normalized spacial score (nSPS) is 16.9. The first-order valence-corrected chi connectivity index (χ1v) is 5.36. The predicted molar refractivity (Wildman–Crippen MR) is 62.1 cm³/mol. The Balaban J connectivity index is 2.12. The second kappa shape index (κ2) is 3.79. The molecule has 1 aromatic rings. The third-order valence-electron chi connectivity index (χ3n) is 3.08. The van der Waals surface area contributed by atoms with Crippen LogP contribution in [-0.2, 0) is 0 Å². The van der Waals surface area contributed by atoms with Crippen molar-refractivity contribution in [3.05, 3.63) is 29.3 Å². The maximum absolute atomic E-state index is 11.8. The number of hydrogen-bond acceptors (Lipinski definition) is 3. The molecular weight excluding hydrogens is 204 g/mol. The predicted octanol–water partition coefficient (Wildman–Crippen LogP) is 0.832. The number of aliphatic hydroxyl groups excluding tert-OH is 1. The van der Waals surface area contributed by atoms with Gasteiger partial charge in [-0.05, 0) is 37.5 Å². The van der Waals surface area contributed by atoms with Gasteiger partial charge in [0, 0.05) is 11.3 Å². The average Bonchev–Trinajstić information content (AvgIpc) is 3.02. The highest BCUT2D eigenvalue weighted by Gasteiger charge is 2.43. The fourth-order valence-corrected chi connectivity index (χ4v) is 1.57. The van der Waals surface area contributed by atoms with Crippen LogP contribution in [0.1, 0.15) is 28.8 Å². The van der Waals surface area contributed by atoms with Gasteiger partial charge in [-0.25, -0.2) is 0 Å². The zero-order valence-electron chi connectivity index (χ0n) is 9.29. The van der Waals surface area contributed by atoms with E-state index < -0.39 is 0 Å². The van der Waals surface area contributed by atoms with Crippen molar-refractivity contribution in [3.8, 4) is 0 Å². The number of carbonyl (C=O) groups is 1. The first kappa shape index (κ1) is 11.0. The molecule has 1 aromatic carbocycles. The summed E-state index contributed by atoms with van der Waals surface area (Å²) < 4.78 is 0. The number of nitrogens with one attached hydrogen (secondary N) is 1. The van der Waals surface area contributed by atoms with Gasteiger partial charge in [-0.15, -0.1) is 0 Å². The SMILES string of the molecule is Cc1ccc(C(=O)NC2(CO)CC2)cc1N. The molecule has 1 saturated carbocycles. The number of benzene rings is 1. The fourth-order valence-electron chi connectivity index (χ4n) is 1.57. The summed E-state index contributed by atoms with van der Waals surface area (Å²) in [6.07, 6.45) is 1.69. The smallest absolute Gasteiger partial charge is 0.251 e. The molecular formula is C12H16N2O2. The molecule has 0 heterocycles. The lowest BCUT2D eigenvalue weighted by atomic mass is 10.1. The summed E-state index contributed by atoms with van der Waals surface area (Å²) in [6.45, 7) is 1.90. The number of carbonyl (C=O) groups excluding carboxylic acids is 1. The Labute approximate surface area is 94.5 Å². The lowest BCUT2D eigenvalue weighted by Crippen LogP contribution is -2.39. The van der Waals surface area contributed by atoms with Crippen molar-refractivity contribution in [1.82, 2.24) is 5.32 Å². The summed E-state index contributed by atoms with van der Waals surface area (Å²) in [5, 5.41) is 11.9. The van der Waals surface area contributed by atoms with Gasteiger partial charge in [0.05, 0.1) is 12.1 Å². The van der Waals surface area contributed by atoms with Crippen LogP contribution in [-0.4, -0.2) is 23.2 Å². The first-order chi connectivity index (χ1) is 7.56. The minimum absolute atomic E-state index is 0.0000828. The van der Waals surface area contributed by atoms with Crippen molar-refractivity contribution in [2.75, 3.05) is 12.3 Å². The molecule has 0 aliphatic heterocycles. The molecule has 4 N–H and O–H groups in total. The Kier molecular flexibility index (Phi) is 2.59. The first-order valence-electron chi connectivity index (χ1n) is 5.36. The molecule has 0 bridgehead atoms. The summed E-state index contributed by atoms with van der Waals surface area (Å²) in [5.74, 6) is -0.168. The van der Waals surface area contributed by atoms with E-state index in [0.29, 0.717) is 11.3 Å². The zero-order chi connectivity index (χ0) is 11.8. The van der Waals surface area contributed by atoms with E-state index in [-0.39, 0.29) is 18.1 Å². The van der Waals surface area contributed by atoms with E-state index in [9.17, 15) is 4.79 Å². The second-order valence-electron chi connectivity index (χ2n) is 4.46. The van der Waals surface area contributed by atoms with Gasteiger partial charge in [0.1, 0.15) is 0 Å². The molecule has 1 aliphatic carbocycles. The maximum atomic E-state index is 11.8. The molecule has 86 valence electrons. The number of rotatable bonds is 3. The van der Waals surface area contributed by atoms with Crippen LogP contribution >= 0.6 is 0 Å². The highest BCUT2D eigenvalue weighted by atomic mass is 16.3. The highest BCUT2D eigenvalue weighted by molar-refractivity contribution is 5.96. The number of amides is 1. The van der Waals surface area contributed by atoms with Gasteiger partial charge < -0.3 is 16.2 Å². The fraction of sp³-hybridized carbons (Fsp3) is 0.417. The minimum Gasteiger partial charge on any atom is -0.398 e. The van der Waals surface area contributed by atoms with Gasteiger partial charge in [0.2, 0.25) is 0 Å². The molecule has 0 aromatic heterocycles. The minimum atomic E-state index is -0.378. The van der Waals surface area contributed by atoms with Gasteiger partial charge in [-0.1, -0.05) is 6.07 Å². The molecule has 2 rings (SSSR count). The second-order valence-corrected chi connectivity index (χ2v) is 4.46. The Hall–Kier alpha value is -1.55. The van der Waals surface area contributed by atoms with E-state index in [1.807, 2.05) is 13.0 Å². The molecule has 0 saturated heterocycles. The van der Waals surface area contributed by atoms with Crippen LogP contribution in [0.5, 0.6) is 0 Å². The van der Waals surface area contributed by atoms with Crippen molar-refractivity contribution < 1.29 is 9.90 Å². The average molecular weight is 220 g/mol. The van der Waals surface area contributed by atoms with Crippen molar-refractivity contribution in [3.63, 3.8) is 0 Å². The monoisotopic (exact) mass is 220 g/mol. The number of aliphatic hydroxyl groups is 1. The van der Waals surface area contributed by atoms with Crippen LogP contribution in [0.15, 0.2) is 18.2 Å². The third-order valence-corrected chi connectivity index (χ3v) is 3.08. The van der Waals surface area contributed by atoms with E-state index >= 15 is 0 Å². The number of nitrogens with two attached hydrogens (primary N) is 1. The van der Waals surface area contributed by atoms with Crippen LogP contribution in [0.3, 0.4) is 0 Å². The molecule has 1 amide bonds. The van der Waals surface area contributed by atoms with E-state index in [1.54, 1.807) is 12.1 Å². The van der Waals surface area contributed by atoms with Crippen molar-refractivity contribution >= 4 is 11.6 Å². The largest absolute Gasteiger partial charge is 0.398 e. The molecule has 0 unspecified atom stereocenters. The van der Waals surface area contributed by atoms with Gasteiger partial charge in [-0.2, -0.15) is 0 Å². The molecule has 0 radical (unpaired) electrons. The molecule has 4 heteroatoms. The third kappa shape index (κ3) is 2.02. The quantitative estimate of drug-likeness (QED) is 0.660. The Bertz CT molecular complexity index is 425. The van der Waals surface area contributed by atoms with Crippen LogP contribution < -0.4 is 11.1 Å². The van der Waals surface area contributed by atoms with E-state index in [1.165, 1.54) is 0 Å². The lowest BCUT2D eigenvalue weighted by Gasteiger charge is -2.14. The van der Waals surface area contributed by atoms with Crippen molar-refractivity contribution in [2.45, 2.75) is 25.3 Å². The zero-order valence-corrected chi connectivity index (χ0v) is 9.29. The topological polar surface area (TPSA) is 75.3 Å². The summed E-state index contributed by atoms with van der Waals surface area (Å²) in [6, 6.07) is 5.23. The van der Waals surface area contributed by atoms with Gasteiger partial charge in [0.15, 0.2) is 0 Å². The van der Waals surface area contributed by atoms with Gasteiger partial charge >= 0.3 is 0 Å². The molecule has 16 heavy (non-hydrogen) atoms. The van der Waals surface area contributed by atoms with Crippen LogP contribution in [0.25, 0.3) is 0 Å². The Morgan fingerprint density at radius 2 is 2.25 bits per heavy atom.